The molecule has 0 aromatic heterocycles. The van der Waals surface area contributed by atoms with E-state index >= 15 is 0 Å². The van der Waals surface area contributed by atoms with E-state index in [-0.39, 0.29) is 17.4 Å². The molecular formula is C22H23NO4. The van der Waals surface area contributed by atoms with Crippen LogP contribution >= 0.6 is 0 Å². The molecule has 0 saturated heterocycles. The van der Waals surface area contributed by atoms with E-state index in [1.165, 1.54) is 11.1 Å². The molecule has 0 spiro atoms. The first-order valence-corrected chi connectivity index (χ1v) is 9.20. The van der Waals surface area contributed by atoms with Crippen molar-refractivity contribution >= 4 is 12.1 Å². The van der Waals surface area contributed by atoms with E-state index in [2.05, 4.69) is 36.5 Å². The lowest BCUT2D eigenvalue weighted by Crippen LogP contribution is -2.73. The maximum Gasteiger partial charge on any atom is 0.408 e. The molecule has 3 aliphatic carbocycles. The minimum Gasteiger partial charge on any atom is -0.480 e. The Bertz CT molecular complexity index is 840. The lowest BCUT2D eigenvalue weighted by molar-refractivity contribution is -0.183. The maximum atomic E-state index is 12.1. The Morgan fingerprint density at radius 2 is 1.70 bits per heavy atom. The fourth-order valence-corrected chi connectivity index (χ4v) is 4.75. The molecule has 0 radical (unpaired) electrons. The molecule has 5 nitrogen and oxygen atoms in total. The quantitative estimate of drug-likeness (QED) is 0.816. The van der Waals surface area contributed by atoms with Crippen molar-refractivity contribution < 1.29 is 19.4 Å². The van der Waals surface area contributed by atoms with Crippen molar-refractivity contribution in [1.29, 1.82) is 0 Å². The van der Waals surface area contributed by atoms with Gasteiger partial charge in [-0.3, -0.25) is 0 Å². The first kappa shape index (κ1) is 17.6. The van der Waals surface area contributed by atoms with E-state index in [1.54, 1.807) is 0 Å². The summed E-state index contributed by atoms with van der Waals surface area (Å²) < 4.78 is 5.20. The maximum absolute atomic E-state index is 12.1. The number of alkyl carbamates (subject to hydrolysis) is 1. The van der Waals surface area contributed by atoms with Crippen molar-refractivity contribution in [3.8, 4) is 0 Å². The topological polar surface area (TPSA) is 75.6 Å². The van der Waals surface area contributed by atoms with Crippen molar-refractivity contribution in [3.63, 3.8) is 0 Å². The summed E-state index contributed by atoms with van der Waals surface area (Å²) in [6, 6.07) is 16.9. The number of nitrogens with one attached hydrogen (secondary N) is 1. The Kier molecular flexibility index (Phi) is 4.17. The summed E-state index contributed by atoms with van der Waals surface area (Å²) in [7, 11) is 0. The van der Waals surface area contributed by atoms with Gasteiger partial charge in [0.1, 0.15) is 12.6 Å². The molecule has 3 fully saturated rings. The van der Waals surface area contributed by atoms with E-state index in [0.717, 1.165) is 24.8 Å². The van der Waals surface area contributed by atoms with Gasteiger partial charge in [0.05, 0.1) is 0 Å². The van der Waals surface area contributed by atoms with Crippen molar-refractivity contribution in [2.24, 2.45) is 5.41 Å². The van der Waals surface area contributed by atoms with Crippen LogP contribution in [0.3, 0.4) is 0 Å². The highest BCUT2D eigenvalue weighted by atomic mass is 16.5. The van der Waals surface area contributed by atoms with Crippen molar-refractivity contribution in [2.75, 3.05) is 0 Å². The fourth-order valence-electron chi connectivity index (χ4n) is 4.75. The SMILES string of the molecule is Cc1ccc(C23CC(C(NC(=O)OCc4ccccc4)C(=O)O)(C2)C3)cc1. The molecule has 3 aliphatic rings. The van der Waals surface area contributed by atoms with E-state index in [0.29, 0.717) is 0 Å². The molecule has 1 atom stereocenters. The molecule has 2 aromatic carbocycles. The highest BCUT2D eigenvalue weighted by Gasteiger charge is 2.72. The summed E-state index contributed by atoms with van der Waals surface area (Å²) in [5.41, 5.74) is 3.07. The smallest absolute Gasteiger partial charge is 0.408 e. The average molecular weight is 365 g/mol. The number of aryl methyl sites for hydroxylation is 1. The predicted octanol–water partition coefficient (Wildman–Crippen LogP) is 3.80. The van der Waals surface area contributed by atoms with Gasteiger partial charge >= 0.3 is 12.1 Å². The summed E-state index contributed by atoms with van der Waals surface area (Å²) in [6.07, 6.45) is 1.69. The van der Waals surface area contributed by atoms with Gasteiger partial charge in [0, 0.05) is 5.41 Å². The van der Waals surface area contributed by atoms with Crippen LogP contribution in [0, 0.1) is 12.3 Å². The van der Waals surface area contributed by atoms with Crippen LogP contribution in [-0.4, -0.2) is 23.2 Å². The Hall–Kier alpha value is -2.82. The summed E-state index contributed by atoms with van der Waals surface area (Å²) >= 11 is 0. The van der Waals surface area contributed by atoms with Gasteiger partial charge in [0.25, 0.3) is 0 Å². The lowest BCUT2D eigenvalue weighted by atomic mass is 9.31. The Morgan fingerprint density at radius 1 is 1.07 bits per heavy atom. The normalized spacial score (nSPS) is 26.3. The van der Waals surface area contributed by atoms with Gasteiger partial charge in [0.15, 0.2) is 0 Å². The monoisotopic (exact) mass is 365 g/mol. The van der Waals surface area contributed by atoms with Crippen LogP contribution in [0.15, 0.2) is 54.6 Å². The zero-order valence-corrected chi connectivity index (χ0v) is 15.3. The third-order valence-electron chi connectivity index (χ3n) is 6.07. The van der Waals surface area contributed by atoms with Gasteiger partial charge in [-0.15, -0.1) is 0 Å². The van der Waals surface area contributed by atoms with Gasteiger partial charge in [-0.2, -0.15) is 0 Å². The zero-order chi connectivity index (χ0) is 19.1. The number of hydrogen-bond acceptors (Lipinski definition) is 3. The van der Waals surface area contributed by atoms with E-state index < -0.39 is 18.1 Å². The minimum absolute atomic E-state index is 0.0804. The van der Waals surface area contributed by atoms with Gasteiger partial charge in [-0.1, -0.05) is 60.2 Å². The highest BCUT2D eigenvalue weighted by Crippen LogP contribution is 2.74. The number of aliphatic carboxylic acids is 1. The lowest BCUT2D eigenvalue weighted by Gasteiger charge is -2.72. The number of carboxylic acids is 1. The van der Waals surface area contributed by atoms with Crippen LogP contribution in [-0.2, 0) is 21.6 Å². The van der Waals surface area contributed by atoms with Crippen molar-refractivity contribution in [2.45, 2.75) is 44.2 Å². The fraction of sp³-hybridized carbons (Fsp3) is 0.364. The third kappa shape index (κ3) is 3.07. The molecule has 1 amide bonds. The number of carbonyl (C=O) groups is 2. The van der Waals surface area contributed by atoms with E-state index in [9.17, 15) is 14.7 Å². The van der Waals surface area contributed by atoms with Gasteiger partial charge < -0.3 is 15.2 Å². The standard InChI is InChI=1S/C22H23NO4/c1-15-7-9-17(10-8-15)21-12-22(13-21,14-21)18(19(24)25)23-20(26)27-11-16-5-3-2-4-6-16/h2-10,18H,11-14H2,1H3,(H,23,26)(H,24,25). The first-order chi connectivity index (χ1) is 12.9. The second kappa shape index (κ2) is 6.41. The number of benzene rings is 2. The van der Waals surface area contributed by atoms with Crippen molar-refractivity contribution in [3.05, 3.63) is 71.3 Å². The van der Waals surface area contributed by atoms with E-state index in [4.69, 9.17) is 4.74 Å². The molecule has 3 saturated carbocycles. The van der Waals surface area contributed by atoms with Crippen LogP contribution in [0.5, 0.6) is 0 Å². The molecule has 2 aromatic rings. The molecule has 27 heavy (non-hydrogen) atoms. The molecule has 140 valence electrons. The predicted molar refractivity (Wildman–Crippen MR) is 100 cm³/mol. The second-order valence-corrected chi connectivity index (χ2v) is 8.02. The third-order valence-corrected chi connectivity index (χ3v) is 6.07. The van der Waals surface area contributed by atoms with Crippen LogP contribution in [0.1, 0.15) is 36.0 Å². The Morgan fingerprint density at radius 3 is 2.30 bits per heavy atom. The Balaban J connectivity index is 1.36. The highest BCUT2D eigenvalue weighted by molar-refractivity contribution is 5.82. The minimum atomic E-state index is -0.996. The van der Waals surface area contributed by atoms with Gasteiger partial charge in [-0.05, 0) is 42.7 Å². The van der Waals surface area contributed by atoms with Crippen LogP contribution < -0.4 is 5.32 Å². The molecule has 0 aliphatic heterocycles. The summed E-state index contributed by atoms with van der Waals surface area (Å²) in [6.45, 7) is 2.18. The average Bonchev–Trinajstić information content (AvgIpc) is 2.59. The van der Waals surface area contributed by atoms with Gasteiger partial charge in [0.2, 0.25) is 0 Å². The first-order valence-electron chi connectivity index (χ1n) is 9.20. The molecular weight excluding hydrogens is 342 g/mol. The molecule has 5 rings (SSSR count). The molecule has 2 N–H and O–H groups in total. The number of carboxylic acid groups (broad SMARTS) is 1. The molecule has 5 heteroatoms. The molecule has 0 heterocycles. The largest absolute Gasteiger partial charge is 0.480 e. The molecule has 1 unspecified atom stereocenters. The number of amides is 1. The summed E-state index contributed by atoms with van der Waals surface area (Å²) in [5.74, 6) is -0.996. The van der Waals surface area contributed by atoms with Gasteiger partial charge in [-0.25, -0.2) is 9.59 Å². The van der Waals surface area contributed by atoms with Crippen LogP contribution in [0.25, 0.3) is 0 Å². The number of ether oxygens (including phenoxy) is 1. The number of rotatable bonds is 6. The summed E-state index contributed by atoms with van der Waals surface area (Å²) in [4.78, 5) is 23.9. The van der Waals surface area contributed by atoms with E-state index in [1.807, 2.05) is 30.3 Å². The Labute approximate surface area is 158 Å². The van der Waals surface area contributed by atoms with Crippen molar-refractivity contribution in [1.82, 2.24) is 5.32 Å². The van der Waals surface area contributed by atoms with Crippen LogP contribution in [0.2, 0.25) is 0 Å². The zero-order valence-electron chi connectivity index (χ0n) is 15.3. The van der Waals surface area contributed by atoms with Crippen LogP contribution in [0.4, 0.5) is 4.79 Å². The summed E-state index contributed by atoms with van der Waals surface area (Å²) in [5, 5.41) is 12.2. The number of hydrogen-bond donors (Lipinski definition) is 2. The molecule has 2 bridgehead atoms. The number of carbonyl (C=O) groups excluding carboxylic acids is 1. The second-order valence-electron chi connectivity index (χ2n) is 8.02.